The highest BCUT2D eigenvalue weighted by atomic mass is 16.5. The minimum Gasteiger partial charge on any atom is -0.479 e. The zero-order valence-electron chi connectivity index (χ0n) is 12.5. The van der Waals surface area contributed by atoms with Crippen LogP contribution in [-0.2, 0) is 16.1 Å². The first-order valence-corrected chi connectivity index (χ1v) is 6.89. The minimum atomic E-state index is -0.704. The van der Waals surface area contributed by atoms with E-state index < -0.39 is 6.10 Å². The normalized spacial score (nSPS) is 11.5. The van der Waals surface area contributed by atoms with E-state index in [1.165, 1.54) is 6.92 Å². The van der Waals surface area contributed by atoms with Crippen molar-refractivity contribution in [1.29, 1.82) is 0 Å². The number of benzene rings is 1. The van der Waals surface area contributed by atoms with Crippen LogP contribution < -0.4 is 15.4 Å². The number of furan rings is 1. The Balaban J connectivity index is 1.94. The van der Waals surface area contributed by atoms with Crippen LogP contribution in [0.5, 0.6) is 5.75 Å². The van der Waals surface area contributed by atoms with Crippen LogP contribution in [0.15, 0.2) is 47.1 Å². The molecule has 2 N–H and O–H groups in total. The molecule has 1 unspecified atom stereocenters. The number of carbonyl (C=O) groups is 2. The van der Waals surface area contributed by atoms with Gasteiger partial charge in [0.05, 0.1) is 18.5 Å². The minimum absolute atomic E-state index is 0.203. The second-order valence-electron chi connectivity index (χ2n) is 4.73. The highest BCUT2D eigenvalue weighted by molar-refractivity contribution is 5.90. The number of anilines is 1. The number of amides is 2. The average molecular weight is 302 g/mol. The van der Waals surface area contributed by atoms with Crippen LogP contribution in [0.1, 0.15) is 19.6 Å². The summed E-state index contributed by atoms with van der Waals surface area (Å²) in [5.41, 5.74) is 0.528. The Morgan fingerprint density at radius 3 is 2.68 bits per heavy atom. The summed E-state index contributed by atoms with van der Waals surface area (Å²) in [4.78, 5) is 23.2. The number of hydrogen-bond acceptors (Lipinski definition) is 4. The van der Waals surface area contributed by atoms with Crippen molar-refractivity contribution in [2.45, 2.75) is 26.5 Å². The maximum Gasteiger partial charge on any atom is 0.261 e. The Morgan fingerprint density at radius 2 is 2.00 bits per heavy atom. The van der Waals surface area contributed by atoms with Crippen LogP contribution >= 0.6 is 0 Å². The topological polar surface area (TPSA) is 80.6 Å². The molecule has 0 bridgehead atoms. The van der Waals surface area contributed by atoms with Crippen molar-refractivity contribution in [2.24, 2.45) is 0 Å². The predicted octanol–water partition coefficient (Wildman–Crippen LogP) is 2.32. The summed E-state index contributed by atoms with van der Waals surface area (Å²) in [6.07, 6.45) is 0.843. The molecule has 6 heteroatoms. The first-order chi connectivity index (χ1) is 10.6. The average Bonchev–Trinajstić information content (AvgIpc) is 2.99. The smallest absolute Gasteiger partial charge is 0.261 e. The van der Waals surface area contributed by atoms with Crippen molar-refractivity contribution in [3.63, 3.8) is 0 Å². The molecule has 0 spiro atoms. The van der Waals surface area contributed by atoms with Crippen LogP contribution in [0.2, 0.25) is 0 Å². The fourth-order valence-electron chi connectivity index (χ4n) is 1.84. The summed E-state index contributed by atoms with van der Waals surface area (Å²) >= 11 is 0. The number of rotatable bonds is 6. The van der Waals surface area contributed by atoms with E-state index in [9.17, 15) is 9.59 Å². The van der Waals surface area contributed by atoms with E-state index in [1.54, 1.807) is 49.6 Å². The summed E-state index contributed by atoms with van der Waals surface area (Å²) < 4.78 is 10.8. The standard InChI is InChI=1S/C16H18N2O4/c1-11(16(20)17-10-13-6-5-9-21-13)22-15-8-4-3-7-14(15)18-12(2)19/h3-9,11H,10H2,1-2H3,(H,17,20)(H,18,19). The second-order valence-corrected chi connectivity index (χ2v) is 4.73. The van der Waals surface area contributed by atoms with E-state index in [4.69, 9.17) is 9.15 Å². The van der Waals surface area contributed by atoms with E-state index in [2.05, 4.69) is 10.6 Å². The summed E-state index contributed by atoms with van der Waals surface area (Å²) in [5.74, 6) is 0.637. The summed E-state index contributed by atoms with van der Waals surface area (Å²) in [5, 5.41) is 5.38. The Labute approximate surface area is 128 Å². The van der Waals surface area contributed by atoms with E-state index in [1.807, 2.05) is 0 Å². The lowest BCUT2D eigenvalue weighted by Gasteiger charge is -2.17. The van der Waals surface area contributed by atoms with E-state index in [-0.39, 0.29) is 11.8 Å². The lowest BCUT2D eigenvalue weighted by atomic mass is 10.2. The molecule has 0 aliphatic carbocycles. The molecule has 0 saturated heterocycles. The maximum atomic E-state index is 12.0. The predicted molar refractivity (Wildman–Crippen MR) is 81.4 cm³/mol. The molecule has 0 fully saturated rings. The van der Waals surface area contributed by atoms with Crippen molar-refractivity contribution in [1.82, 2.24) is 5.32 Å². The highest BCUT2D eigenvalue weighted by Gasteiger charge is 2.16. The molecule has 2 amide bonds. The van der Waals surface area contributed by atoms with Crippen LogP contribution in [0.3, 0.4) is 0 Å². The molecular weight excluding hydrogens is 284 g/mol. The van der Waals surface area contributed by atoms with Gasteiger partial charge >= 0.3 is 0 Å². The molecule has 116 valence electrons. The highest BCUT2D eigenvalue weighted by Crippen LogP contribution is 2.24. The van der Waals surface area contributed by atoms with Gasteiger partial charge in [0.1, 0.15) is 11.5 Å². The molecular formula is C16H18N2O4. The molecule has 0 saturated carbocycles. The third-order valence-corrected chi connectivity index (χ3v) is 2.89. The quantitative estimate of drug-likeness (QED) is 0.858. The maximum absolute atomic E-state index is 12.0. The third kappa shape index (κ3) is 4.37. The number of ether oxygens (including phenoxy) is 1. The molecule has 1 heterocycles. The molecule has 1 aromatic carbocycles. The molecule has 1 aromatic heterocycles. The van der Waals surface area contributed by atoms with Crippen LogP contribution in [-0.4, -0.2) is 17.9 Å². The number of nitrogens with one attached hydrogen (secondary N) is 2. The fraction of sp³-hybridized carbons (Fsp3) is 0.250. The van der Waals surface area contributed by atoms with Gasteiger partial charge in [0.2, 0.25) is 5.91 Å². The van der Waals surface area contributed by atoms with Crippen molar-refractivity contribution >= 4 is 17.5 Å². The van der Waals surface area contributed by atoms with Crippen LogP contribution in [0, 0.1) is 0 Å². The van der Waals surface area contributed by atoms with Crippen LogP contribution in [0.4, 0.5) is 5.69 Å². The van der Waals surface area contributed by atoms with Gasteiger partial charge in [0.25, 0.3) is 5.91 Å². The monoisotopic (exact) mass is 302 g/mol. The number of para-hydroxylation sites is 2. The zero-order valence-corrected chi connectivity index (χ0v) is 12.5. The van der Waals surface area contributed by atoms with E-state index in [0.717, 1.165) is 0 Å². The molecule has 2 rings (SSSR count). The third-order valence-electron chi connectivity index (χ3n) is 2.89. The van der Waals surface area contributed by atoms with Gasteiger partial charge in [-0.15, -0.1) is 0 Å². The van der Waals surface area contributed by atoms with E-state index in [0.29, 0.717) is 23.7 Å². The molecule has 6 nitrogen and oxygen atoms in total. The van der Waals surface area contributed by atoms with Gasteiger partial charge in [-0.2, -0.15) is 0 Å². The molecule has 0 aliphatic heterocycles. The van der Waals surface area contributed by atoms with Gasteiger partial charge in [0.15, 0.2) is 6.10 Å². The Morgan fingerprint density at radius 1 is 1.23 bits per heavy atom. The molecule has 0 aliphatic rings. The van der Waals surface area contributed by atoms with Gasteiger partial charge in [-0.25, -0.2) is 0 Å². The van der Waals surface area contributed by atoms with Gasteiger partial charge in [0, 0.05) is 6.92 Å². The zero-order chi connectivity index (χ0) is 15.9. The molecule has 1 atom stereocenters. The lowest BCUT2D eigenvalue weighted by molar-refractivity contribution is -0.127. The van der Waals surface area contributed by atoms with E-state index >= 15 is 0 Å². The summed E-state index contributed by atoms with van der Waals surface area (Å²) in [7, 11) is 0. The molecule has 2 aromatic rings. The fourth-order valence-corrected chi connectivity index (χ4v) is 1.84. The van der Waals surface area contributed by atoms with Crippen molar-refractivity contribution in [3.05, 3.63) is 48.4 Å². The number of carbonyl (C=O) groups excluding carboxylic acids is 2. The van der Waals surface area contributed by atoms with Gasteiger partial charge in [-0.1, -0.05) is 12.1 Å². The lowest BCUT2D eigenvalue weighted by Crippen LogP contribution is -2.36. The first kappa shape index (κ1) is 15.6. The Kier molecular flexibility index (Phi) is 5.19. The Bertz CT molecular complexity index is 637. The van der Waals surface area contributed by atoms with Gasteiger partial charge in [-0.3, -0.25) is 9.59 Å². The molecule has 22 heavy (non-hydrogen) atoms. The van der Waals surface area contributed by atoms with Gasteiger partial charge in [-0.05, 0) is 31.2 Å². The van der Waals surface area contributed by atoms with Crippen molar-refractivity contribution < 1.29 is 18.7 Å². The first-order valence-electron chi connectivity index (χ1n) is 6.89. The van der Waals surface area contributed by atoms with Gasteiger partial charge < -0.3 is 19.8 Å². The SMILES string of the molecule is CC(=O)Nc1ccccc1OC(C)C(=O)NCc1ccco1. The largest absolute Gasteiger partial charge is 0.479 e. The number of hydrogen-bond donors (Lipinski definition) is 2. The summed E-state index contributed by atoms with van der Waals surface area (Å²) in [6.45, 7) is 3.35. The summed E-state index contributed by atoms with van der Waals surface area (Å²) in [6, 6.07) is 10.5. The van der Waals surface area contributed by atoms with Crippen molar-refractivity contribution in [2.75, 3.05) is 5.32 Å². The second kappa shape index (κ2) is 7.31. The molecule has 0 radical (unpaired) electrons. The Hall–Kier alpha value is -2.76. The van der Waals surface area contributed by atoms with Crippen LogP contribution in [0.25, 0.3) is 0 Å². The van der Waals surface area contributed by atoms with Crippen molar-refractivity contribution in [3.8, 4) is 5.75 Å².